The molecule has 156 valence electrons. The Bertz CT molecular complexity index is 1120. The summed E-state index contributed by atoms with van der Waals surface area (Å²) in [7, 11) is 0. The first-order valence-corrected chi connectivity index (χ1v) is 10.4. The normalized spacial score (nSPS) is 16.1. The first-order valence-electron chi connectivity index (χ1n) is 10.4. The topological polar surface area (TPSA) is 79.9 Å². The van der Waals surface area contributed by atoms with Crippen LogP contribution in [0.15, 0.2) is 66.4 Å². The molecule has 1 unspecified atom stereocenters. The fraction of sp³-hybridized carbons (Fsp3) is 0.240. The maximum atomic E-state index is 12.6. The van der Waals surface area contributed by atoms with E-state index in [0.29, 0.717) is 17.8 Å². The molecule has 4 rings (SSSR count). The number of hydrogen-bond donors (Lipinski definition) is 1. The van der Waals surface area contributed by atoms with Gasteiger partial charge in [0, 0.05) is 30.5 Å². The number of aromatic nitrogens is 2. The van der Waals surface area contributed by atoms with Crippen molar-refractivity contribution in [2.45, 2.75) is 25.9 Å². The van der Waals surface area contributed by atoms with Crippen molar-refractivity contribution in [2.24, 2.45) is 0 Å². The van der Waals surface area contributed by atoms with Crippen molar-refractivity contribution in [3.05, 3.63) is 77.5 Å². The Labute approximate surface area is 181 Å². The van der Waals surface area contributed by atoms with Gasteiger partial charge in [-0.05, 0) is 38.0 Å². The third-order valence-electron chi connectivity index (χ3n) is 5.27. The van der Waals surface area contributed by atoms with E-state index in [0.717, 1.165) is 36.3 Å². The average Bonchev–Trinajstić information content (AvgIpc) is 3.47. The van der Waals surface area contributed by atoms with E-state index >= 15 is 0 Å². The highest BCUT2D eigenvalue weighted by atomic mass is 16.5. The molecule has 6 heteroatoms. The van der Waals surface area contributed by atoms with Crippen molar-refractivity contribution in [3.63, 3.8) is 0 Å². The number of carbonyl (C=O) groups excluding carboxylic acids is 1. The van der Waals surface area contributed by atoms with Crippen LogP contribution in [0.5, 0.6) is 0 Å². The van der Waals surface area contributed by atoms with Gasteiger partial charge in [-0.2, -0.15) is 10.4 Å². The number of nitrogens with zero attached hydrogens (tertiary/aromatic N) is 3. The molecule has 2 aromatic carbocycles. The molecule has 1 aliphatic rings. The van der Waals surface area contributed by atoms with Crippen LogP contribution in [0, 0.1) is 18.3 Å². The molecule has 0 radical (unpaired) electrons. The van der Waals surface area contributed by atoms with Crippen LogP contribution in [0.4, 0.5) is 0 Å². The molecule has 3 aromatic rings. The van der Waals surface area contributed by atoms with E-state index in [9.17, 15) is 10.1 Å². The van der Waals surface area contributed by atoms with E-state index in [4.69, 9.17) is 9.84 Å². The molecule has 31 heavy (non-hydrogen) atoms. The van der Waals surface area contributed by atoms with E-state index in [1.165, 1.54) is 0 Å². The molecule has 1 N–H and O–H groups in total. The second-order valence-corrected chi connectivity index (χ2v) is 7.59. The Kier molecular flexibility index (Phi) is 6.25. The molecule has 0 bridgehead atoms. The monoisotopic (exact) mass is 412 g/mol. The zero-order valence-electron chi connectivity index (χ0n) is 17.4. The van der Waals surface area contributed by atoms with E-state index < -0.39 is 5.91 Å². The number of benzene rings is 2. The van der Waals surface area contributed by atoms with Crippen molar-refractivity contribution in [1.82, 2.24) is 15.1 Å². The van der Waals surface area contributed by atoms with Gasteiger partial charge < -0.3 is 10.1 Å². The number of hydrogen-bond acceptors (Lipinski definition) is 4. The smallest absolute Gasteiger partial charge is 0.262 e. The number of amides is 1. The molecular weight excluding hydrogens is 388 g/mol. The van der Waals surface area contributed by atoms with Crippen molar-refractivity contribution in [1.29, 1.82) is 5.26 Å². The second-order valence-electron chi connectivity index (χ2n) is 7.59. The van der Waals surface area contributed by atoms with Gasteiger partial charge in [0.05, 0.1) is 17.5 Å². The zero-order chi connectivity index (χ0) is 21.6. The highest BCUT2D eigenvalue weighted by molar-refractivity contribution is 6.02. The first-order chi connectivity index (χ1) is 15.1. The minimum Gasteiger partial charge on any atom is -0.376 e. The largest absolute Gasteiger partial charge is 0.376 e. The number of rotatable bonds is 6. The van der Waals surface area contributed by atoms with Gasteiger partial charge in [-0.3, -0.25) is 4.79 Å². The van der Waals surface area contributed by atoms with Crippen molar-refractivity contribution >= 4 is 12.0 Å². The summed E-state index contributed by atoms with van der Waals surface area (Å²) < 4.78 is 7.31. The summed E-state index contributed by atoms with van der Waals surface area (Å²) >= 11 is 0. The number of ether oxygens (including phenoxy) is 1. The molecule has 1 atom stereocenters. The Morgan fingerprint density at radius 2 is 2.03 bits per heavy atom. The third-order valence-corrected chi connectivity index (χ3v) is 5.27. The van der Waals surface area contributed by atoms with Gasteiger partial charge in [0.1, 0.15) is 11.6 Å². The summed E-state index contributed by atoms with van der Waals surface area (Å²) in [4.78, 5) is 12.6. The lowest BCUT2D eigenvalue weighted by Crippen LogP contribution is -2.32. The minimum atomic E-state index is -0.402. The summed E-state index contributed by atoms with van der Waals surface area (Å²) in [5, 5.41) is 17.2. The van der Waals surface area contributed by atoms with Gasteiger partial charge in [0.25, 0.3) is 5.91 Å². The van der Waals surface area contributed by atoms with E-state index in [1.54, 1.807) is 10.8 Å². The molecule has 2 heterocycles. The fourth-order valence-electron chi connectivity index (χ4n) is 3.55. The Hall–Kier alpha value is -3.69. The molecule has 6 nitrogen and oxygen atoms in total. The Morgan fingerprint density at radius 1 is 1.26 bits per heavy atom. The second kappa shape index (κ2) is 9.41. The molecule has 0 aliphatic carbocycles. The lowest BCUT2D eigenvalue weighted by molar-refractivity contribution is -0.117. The standard InChI is InChI=1S/C25H24N4O2/c1-18-9-11-19(12-10-18)24-21(17-29(28-24)22-6-3-2-4-7-22)14-20(15-26)25(30)27-16-23-8-5-13-31-23/h2-4,6-7,9-12,14,17,23H,5,8,13,16H2,1H3,(H,27,30). The van der Waals surface area contributed by atoms with Crippen LogP contribution in [-0.2, 0) is 9.53 Å². The highest BCUT2D eigenvalue weighted by Gasteiger charge is 2.19. The predicted molar refractivity (Wildman–Crippen MR) is 119 cm³/mol. The number of carbonyl (C=O) groups is 1. The summed E-state index contributed by atoms with van der Waals surface area (Å²) in [6, 6.07) is 19.8. The van der Waals surface area contributed by atoms with E-state index in [2.05, 4.69) is 5.32 Å². The summed E-state index contributed by atoms with van der Waals surface area (Å²) in [6.45, 7) is 3.16. The highest BCUT2D eigenvalue weighted by Crippen LogP contribution is 2.26. The van der Waals surface area contributed by atoms with Crippen LogP contribution in [0.3, 0.4) is 0 Å². The number of nitrogens with one attached hydrogen (secondary N) is 1. The van der Waals surface area contributed by atoms with Gasteiger partial charge in [0.2, 0.25) is 0 Å². The Balaban J connectivity index is 1.67. The molecule has 1 saturated heterocycles. The SMILES string of the molecule is Cc1ccc(-c2nn(-c3ccccc3)cc2C=C(C#N)C(=O)NCC2CCCO2)cc1. The quantitative estimate of drug-likeness (QED) is 0.489. The Morgan fingerprint density at radius 3 is 2.71 bits per heavy atom. The van der Waals surface area contributed by atoms with Gasteiger partial charge in [-0.25, -0.2) is 4.68 Å². The molecule has 1 amide bonds. The first kappa shape index (κ1) is 20.6. The molecule has 0 spiro atoms. The molecular formula is C25H24N4O2. The molecule has 0 saturated carbocycles. The summed E-state index contributed by atoms with van der Waals surface area (Å²) in [5.41, 5.74) is 4.43. The van der Waals surface area contributed by atoms with Crippen molar-refractivity contribution in [3.8, 4) is 23.0 Å². The number of aryl methyl sites for hydroxylation is 1. The van der Waals surface area contributed by atoms with E-state index in [-0.39, 0.29) is 11.7 Å². The summed E-state index contributed by atoms with van der Waals surface area (Å²) in [6.07, 6.45) is 5.39. The van der Waals surface area contributed by atoms with Crippen LogP contribution < -0.4 is 5.32 Å². The van der Waals surface area contributed by atoms with Crippen LogP contribution in [0.2, 0.25) is 0 Å². The van der Waals surface area contributed by atoms with Gasteiger partial charge in [0.15, 0.2) is 0 Å². The number of nitriles is 1. The van der Waals surface area contributed by atoms with Crippen LogP contribution in [0.25, 0.3) is 23.0 Å². The third kappa shape index (κ3) is 4.90. The predicted octanol–water partition coefficient (Wildman–Crippen LogP) is 4.05. The van der Waals surface area contributed by atoms with Crippen LogP contribution in [-0.4, -0.2) is 34.9 Å². The van der Waals surface area contributed by atoms with Crippen molar-refractivity contribution < 1.29 is 9.53 Å². The summed E-state index contributed by atoms with van der Waals surface area (Å²) in [5.74, 6) is -0.402. The number of para-hydroxylation sites is 1. The maximum Gasteiger partial charge on any atom is 0.262 e. The van der Waals surface area contributed by atoms with Gasteiger partial charge in [-0.15, -0.1) is 0 Å². The average molecular weight is 412 g/mol. The minimum absolute atomic E-state index is 0.0212. The van der Waals surface area contributed by atoms with Gasteiger partial charge >= 0.3 is 0 Å². The lowest BCUT2D eigenvalue weighted by atomic mass is 10.0. The lowest BCUT2D eigenvalue weighted by Gasteiger charge is -2.10. The maximum absolute atomic E-state index is 12.6. The molecule has 1 aromatic heterocycles. The molecule has 1 fully saturated rings. The van der Waals surface area contributed by atoms with Crippen LogP contribution in [0.1, 0.15) is 24.0 Å². The zero-order valence-corrected chi connectivity index (χ0v) is 17.4. The fourth-order valence-corrected chi connectivity index (χ4v) is 3.55. The molecule has 1 aliphatic heterocycles. The van der Waals surface area contributed by atoms with Crippen LogP contribution >= 0.6 is 0 Å². The van der Waals surface area contributed by atoms with E-state index in [1.807, 2.05) is 73.8 Å². The van der Waals surface area contributed by atoms with Crippen molar-refractivity contribution in [2.75, 3.05) is 13.2 Å². The van der Waals surface area contributed by atoms with Gasteiger partial charge in [-0.1, -0.05) is 48.0 Å².